The molecule has 0 spiro atoms. The molecule has 0 aliphatic carbocycles. The van der Waals surface area contributed by atoms with E-state index >= 15 is 0 Å². The molecule has 1 aromatic carbocycles. The summed E-state index contributed by atoms with van der Waals surface area (Å²) in [6.45, 7) is 2.45. The monoisotopic (exact) mass is 288 g/mol. The molecule has 0 unspecified atom stereocenters. The molecule has 0 saturated heterocycles. The minimum absolute atomic E-state index is 0.0513. The first-order valence-electron chi connectivity index (χ1n) is 7.18. The van der Waals surface area contributed by atoms with Crippen molar-refractivity contribution in [2.45, 2.75) is 26.2 Å². The van der Waals surface area contributed by atoms with Gasteiger partial charge in [0.25, 0.3) is 0 Å². The smallest absolute Gasteiger partial charge is 0.307 e. The minimum atomic E-state index is -0.283. The number of carbonyl (C=O) groups excluding carboxylic acids is 2. The van der Waals surface area contributed by atoms with Crippen LogP contribution in [0.3, 0.4) is 0 Å². The van der Waals surface area contributed by atoms with Gasteiger partial charge in [-0.15, -0.1) is 0 Å². The zero-order valence-electron chi connectivity index (χ0n) is 12.1. The molecular weight excluding hydrogens is 268 g/mol. The minimum Gasteiger partial charge on any atom is -0.466 e. The van der Waals surface area contributed by atoms with Gasteiger partial charge >= 0.3 is 5.97 Å². The van der Waals surface area contributed by atoms with Crippen LogP contribution in [-0.4, -0.2) is 30.0 Å². The summed E-state index contributed by atoms with van der Waals surface area (Å²) < 4.78 is 4.80. The molecule has 1 heterocycles. The Balaban J connectivity index is 1.75. The highest BCUT2D eigenvalue weighted by Gasteiger charge is 2.07. The third-order valence-electron chi connectivity index (χ3n) is 3.25. The van der Waals surface area contributed by atoms with Crippen LogP contribution in [0.4, 0.5) is 0 Å². The number of aromatic nitrogens is 1. The lowest BCUT2D eigenvalue weighted by molar-refractivity contribution is -0.143. The third-order valence-corrected chi connectivity index (χ3v) is 3.25. The van der Waals surface area contributed by atoms with Gasteiger partial charge < -0.3 is 15.0 Å². The maximum Gasteiger partial charge on any atom is 0.307 e. The first kappa shape index (κ1) is 15.1. The van der Waals surface area contributed by atoms with Gasteiger partial charge in [-0.05, 0) is 25.0 Å². The number of ether oxygens (including phenoxy) is 1. The number of carbonyl (C=O) groups is 2. The molecule has 5 heteroatoms. The quantitative estimate of drug-likeness (QED) is 0.767. The van der Waals surface area contributed by atoms with E-state index in [2.05, 4.69) is 10.3 Å². The molecule has 0 radical (unpaired) electrons. The van der Waals surface area contributed by atoms with E-state index in [1.54, 1.807) is 6.92 Å². The highest BCUT2D eigenvalue weighted by Crippen LogP contribution is 2.18. The summed E-state index contributed by atoms with van der Waals surface area (Å²) in [4.78, 5) is 26.1. The highest BCUT2D eigenvalue weighted by molar-refractivity contribution is 5.84. The Morgan fingerprint density at radius 1 is 1.24 bits per heavy atom. The van der Waals surface area contributed by atoms with E-state index in [4.69, 9.17) is 4.74 Å². The molecule has 2 N–H and O–H groups in total. The molecular formula is C16H20N2O3. The lowest BCUT2D eigenvalue weighted by atomic mass is 10.1. The molecule has 0 bridgehead atoms. The number of nitrogens with one attached hydrogen (secondary N) is 2. The summed E-state index contributed by atoms with van der Waals surface area (Å²) in [5, 5.41) is 3.88. The Kier molecular flexibility index (Phi) is 5.37. The molecule has 1 amide bonds. The molecule has 0 saturated carbocycles. The fourth-order valence-corrected chi connectivity index (χ4v) is 2.21. The normalized spacial score (nSPS) is 10.5. The number of aromatic amines is 1. The third kappa shape index (κ3) is 4.34. The van der Waals surface area contributed by atoms with Crippen LogP contribution in [0.15, 0.2) is 30.5 Å². The molecule has 0 aliphatic heterocycles. The van der Waals surface area contributed by atoms with E-state index in [0.29, 0.717) is 26.0 Å². The lowest BCUT2D eigenvalue weighted by Gasteiger charge is -2.05. The van der Waals surface area contributed by atoms with Crippen LogP contribution in [-0.2, 0) is 20.7 Å². The van der Waals surface area contributed by atoms with Gasteiger partial charge in [0.1, 0.15) is 0 Å². The van der Waals surface area contributed by atoms with Crippen molar-refractivity contribution in [2.24, 2.45) is 0 Å². The fourth-order valence-electron chi connectivity index (χ4n) is 2.21. The van der Waals surface area contributed by atoms with Gasteiger partial charge in [-0.25, -0.2) is 0 Å². The second kappa shape index (κ2) is 7.47. The summed E-state index contributed by atoms with van der Waals surface area (Å²) in [7, 11) is 0. The Hall–Kier alpha value is -2.30. The zero-order chi connectivity index (χ0) is 15.1. The first-order chi connectivity index (χ1) is 10.2. The second-order valence-corrected chi connectivity index (χ2v) is 4.76. The predicted octanol–water partition coefficient (Wildman–Crippen LogP) is 2.17. The van der Waals surface area contributed by atoms with Crippen molar-refractivity contribution < 1.29 is 14.3 Å². The number of fused-ring (bicyclic) bond motifs is 1. The molecule has 0 fully saturated rings. The van der Waals surface area contributed by atoms with Crippen LogP contribution in [0, 0.1) is 0 Å². The van der Waals surface area contributed by atoms with E-state index in [0.717, 1.165) is 16.5 Å². The number of amides is 1. The van der Waals surface area contributed by atoms with Crippen LogP contribution in [0.25, 0.3) is 10.9 Å². The van der Waals surface area contributed by atoms with Crippen LogP contribution in [0.1, 0.15) is 25.3 Å². The van der Waals surface area contributed by atoms with Crippen molar-refractivity contribution in [3.63, 3.8) is 0 Å². The van der Waals surface area contributed by atoms with E-state index < -0.39 is 0 Å². The number of esters is 1. The van der Waals surface area contributed by atoms with Crippen molar-refractivity contribution in [2.75, 3.05) is 13.2 Å². The number of aryl methyl sites for hydroxylation is 1. The summed E-state index contributed by atoms with van der Waals surface area (Å²) in [6.07, 6.45) is 3.24. The molecule has 0 atom stereocenters. The Labute approximate surface area is 123 Å². The first-order valence-corrected chi connectivity index (χ1v) is 7.18. The van der Waals surface area contributed by atoms with Crippen LogP contribution in [0.5, 0.6) is 0 Å². The standard InChI is InChI=1S/C16H20N2O3/c1-2-21-16(20)9-10-17-15(19)8-7-12-11-18-14-6-4-3-5-13(12)14/h3-6,11,18H,2,7-10H2,1H3,(H,17,19). The number of rotatable bonds is 7. The number of benzene rings is 1. The van der Waals surface area contributed by atoms with Gasteiger partial charge in [0.15, 0.2) is 0 Å². The molecule has 2 rings (SSSR count). The maximum absolute atomic E-state index is 11.7. The molecule has 1 aromatic heterocycles. The van der Waals surface area contributed by atoms with E-state index in [1.165, 1.54) is 0 Å². The number of hydrogen-bond donors (Lipinski definition) is 2. The van der Waals surface area contributed by atoms with Gasteiger partial charge in [-0.1, -0.05) is 18.2 Å². The van der Waals surface area contributed by atoms with Crippen molar-refractivity contribution in [1.82, 2.24) is 10.3 Å². The average molecular weight is 288 g/mol. The van der Waals surface area contributed by atoms with Crippen molar-refractivity contribution >= 4 is 22.8 Å². The van der Waals surface area contributed by atoms with Crippen molar-refractivity contribution in [3.05, 3.63) is 36.0 Å². The largest absolute Gasteiger partial charge is 0.466 e. The summed E-state index contributed by atoms with van der Waals surface area (Å²) in [6, 6.07) is 8.02. The topological polar surface area (TPSA) is 71.2 Å². The van der Waals surface area contributed by atoms with E-state index in [9.17, 15) is 9.59 Å². The maximum atomic E-state index is 11.7. The van der Waals surface area contributed by atoms with Crippen LogP contribution < -0.4 is 5.32 Å². The summed E-state index contributed by atoms with van der Waals surface area (Å²) >= 11 is 0. The number of para-hydroxylation sites is 1. The fraction of sp³-hybridized carbons (Fsp3) is 0.375. The van der Waals surface area contributed by atoms with E-state index in [1.807, 2.05) is 30.5 Å². The Morgan fingerprint density at radius 2 is 2.05 bits per heavy atom. The van der Waals surface area contributed by atoms with Crippen molar-refractivity contribution in [1.29, 1.82) is 0 Å². The van der Waals surface area contributed by atoms with Gasteiger partial charge in [0.2, 0.25) is 5.91 Å². The molecule has 5 nitrogen and oxygen atoms in total. The Bertz CT molecular complexity index is 619. The SMILES string of the molecule is CCOC(=O)CCNC(=O)CCc1c[nH]c2ccccc12. The second-order valence-electron chi connectivity index (χ2n) is 4.76. The predicted molar refractivity (Wildman–Crippen MR) is 80.9 cm³/mol. The average Bonchev–Trinajstić information content (AvgIpc) is 2.89. The van der Waals surface area contributed by atoms with Crippen LogP contribution >= 0.6 is 0 Å². The molecule has 0 aliphatic rings. The zero-order valence-corrected chi connectivity index (χ0v) is 12.1. The number of H-pyrrole nitrogens is 1. The van der Waals surface area contributed by atoms with Gasteiger partial charge in [-0.3, -0.25) is 9.59 Å². The Morgan fingerprint density at radius 3 is 2.86 bits per heavy atom. The van der Waals surface area contributed by atoms with Crippen molar-refractivity contribution in [3.8, 4) is 0 Å². The molecule has 21 heavy (non-hydrogen) atoms. The molecule has 112 valence electrons. The summed E-state index contributed by atoms with van der Waals surface area (Å²) in [5.41, 5.74) is 2.21. The molecule has 2 aromatic rings. The van der Waals surface area contributed by atoms with Gasteiger partial charge in [0, 0.05) is 30.1 Å². The van der Waals surface area contributed by atoms with E-state index in [-0.39, 0.29) is 18.3 Å². The lowest BCUT2D eigenvalue weighted by Crippen LogP contribution is -2.26. The number of hydrogen-bond acceptors (Lipinski definition) is 3. The van der Waals surface area contributed by atoms with Gasteiger partial charge in [0.05, 0.1) is 13.0 Å². The van der Waals surface area contributed by atoms with Crippen LogP contribution in [0.2, 0.25) is 0 Å². The summed E-state index contributed by atoms with van der Waals surface area (Å²) in [5.74, 6) is -0.334. The highest BCUT2D eigenvalue weighted by atomic mass is 16.5. The van der Waals surface area contributed by atoms with Gasteiger partial charge in [-0.2, -0.15) is 0 Å².